The fourth-order valence-electron chi connectivity index (χ4n) is 0. The summed E-state index contributed by atoms with van der Waals surface area (Å²) in [5.74, 6) is 0. The van der Waals surface area contributed by atoms with Crippen LogP contribution >= 0.6 is 0 Å². The van der Waals surface area contributed by atoms with Gasteiger partial charge in [-0.2, -0.15) is 0 Å². The second-order valence-electron chi connectivity index (χ2n) is 0. The monoisotopic (exact) mass is 298 g/mol. The van der Waals surface area contributed by atoms with Gasteiger partial charge in [-0.1, -0.05) is 0 Å². The van der Waals surface area contributed by atoms with E-state index in [0.717, 1.165) is 0 Å². The molecule has 0 unspecified atom stereocenters. The first-order valence-corrected chi connectivity index (χ1v) is 0. The van der Waals surface area contributed by atoms with Crippen molar-refractivity contribution >= 4 is 0 Å². The first-order valence-electron chi connectivity index (χ1n) is 0. The average Bonchev–Trinajstić information content (AvgIpc) is 0. The van der Waals surface area contributed by atoms with Crippen LogP contribution in [0.25, 0.3) is 0 Å². The Balaban J connectivity index is 0. The van der Waals surface area contributed by atoms with Crippen LogP contribution in [0.3, 0.4) is 0 Å². The molecule has 0 atom stereocenters. The summed E-state index contributed by atoms with van der Waals surface area (Å²) in [7, 11) is 0. The zero-order valence-corrected chi connectivity index (χ0v) is 5.27. The third kappa shape index (κ3) is 271. The van der Waals surface area contributed by atoms with E-state index in [4.69, 9.17) is 0 Å². The molecule has 7 nitrogen and oxygen atoms in total. The fraction of sp³-hybridized carbons (Fsp3) is 0. The van der Waals surface area contributed by atoms with Gasteiger partial charge in [-0.3, -0.25) is 0 Å². The maximum absolute atomic E-state index is 0. The van der Waals surface area contributed by atoms with Gasteiger partial charge in [0.05, 0.1) is 0 Å². The van der Waals surface area contributed by atoms with Gasteiger partial charge in [0.1, 0.15) is 0 Å². The Bertz CT molecular complexity index is 4.35. The van der Waals surface area contributed by atoms with Gasteiger partial charge in [0.2, 0.25) is 0 Å². The van der Waals surface area contributed by atoms with Crippen molar-refractivity contribution in [3.05, 3.63) is 0 Å². The summed E-state index contributed by atoms with van der Waals surface area (Å²) in [6, 6.07) is 0. The predicted octanol–water partition coefficient (Wildman–Crippen LogP) is -4.42. The summed E-state index contributed by atoms with van der Waals surface area (Å²) < 4.78 is 0. The maximum Gasteiger partial charge on any atom is 3.00 e. The molecule has 68 valence electrons. The molecular weight excluding hydrogens is 287 g/mol. The molecular formula is H11LuO7. The molecule has 0 aliphatic rings. The number of rotatable bonds is 0. The topological polar surface area (TPSA) is 216 Å². The summed E-state index contributed by atoms with van der Waals surface area (Å²) in [5.41, 5.74) is 0. The molecule has 0 aliphatic carbocycles. The summed E-state index contributed by atoms with van der Waals surface area (Å²) >= 11 is 0. The van der Waals surface area contributed by atoms with E-state index in [1.165, 1.54) is 0 Å². The minimum Gasteiger partial charge on any atom is -2.00 e. The molecule has 0 bridgehead atoms. The van der Waals surface area contributed by atoms with Crippen LogP contribution in [-0.4, -0.2) is 32.9 Å². The van der Waals surface area contributed by atoms with Crippen molar-refractivity contribution in [2.75, 3.05) is 0 Å². The predicted molar refractivity (Wildman–Crippen MR) is 20.7 cm³/mol. The van der Waals surface area contributed by atoms with Crippen LogP contribution in [0.15, 0.2) is 0 Å². The Morgan fingerprint density at radius 1 is 0.500 bits per heavy atom. The van der Waals surface area contributed by atoms with Gasteiger partial charge in [0, 0.05) is 0 Å². The van der Waals surface area contributed by atoms with E-state index >= 15 is 0 Å². The molecule has 0 heterocycles. The third-order valence-corrected chi connectivity index (χ3v) is 0. The van der Waals surface area contributed by atoms with E-state index in [1.54, 1.807) is 0 Å². The summed E-state index contributed by atoms with van der Waals surface area (Å²) in [6.07, 6.45) is 0. The smallest absolute Gasteiger partial charge is 2.00 e. The van der Waals surface area contributed by atoms with Crippen molar-refractivity contribution in [3.8, 4) is 0 Å². The molecule has 8 heteroatoms. The molecule has 0 rings (SSSR count). The van der Waals surface area contributed by atoms with Gasteiger partial charge >= 0.3 is 36.9 Å². The van der Waals surface area contributed by atoms with Gasteiger partial charge in [-0.05, 0) is 0 Å². The molecule has 0 radical (unpaired) electrons. The molecule has 0 saturated carbocycles. The first-order chi connectivity index (χ1) is 0. The Morgan fingerprint density at radius 3 is 0.500 bits per heavy atom. The molecule has 0 aromatic carbocycles. The zero-order chi connectivity index (χ0) is 0. The van der Waals surface area contributed by atoms with Crippen LogP contribution in [0.5, 0.6) is 0 Å². The molecule has 0 fully saturated rings. The normalized spacial score (nSPS) is 0. The summed E-state index contributed by atoms with van der Waals surface area (Å²) in [4.78, 5) is 0. The fourth-order valence-corrected chi connectivity index (χ4v) is 0. The molecule has 8 heavy (non-hydrogen) atoms. The van der Waals surface area contributed by atoms with Gasteiger partial charge in [-0.15, -0.1) is 0 Å². The molecule has 11 N–H and O–H groups in total. The van der Waals surface area contributed by atoms with Crippen LogP contribution in [0, 0.1) is 36.9 Å². The van der Waals surface area contributed by atoms with Gasteiger partial charge in [0.15, 0.2) is 0 Å². The van der Waals surface area contributed by atoms with Crippen LogP contribution < -0.4 is 0 Å². The Kier molecular flexibility index (Phi) is 32900. The van der Waals surface area contributed by atoms with Crippen LogP contribution in [0.1, 0.15) is 0 Å². The van der Waals surface area contributed by atoms with Crippen LogP contribution in [0.2, 0.25) is 0 Å². The molecule has 0 aliphatic heterocycles. The van der Waals surface area contributed by atoms with Crippen molar-refractivity contribution in [2.24, 2.45) is 0 Å². The van der Waals surface area contributed by atoms with Gasteiger partial charge in [-0.25, -0.2) is 0 Å². The Hall–Kier alpha value is 0.954. The SMILES string of the molecule is O.O.O.O.O.[Lu+3].[O-2].[OH-]. The summed E-state index contributed by atoms with van der Waals surface area (Å²) in [5, 5.41) is 0. The van der Waals surface area contributed by atoms with Gasteiger partial charge in [0.25, 0.3) is 0 Å². The zero-order valence-electron chi connectivity index (χ0n) is 3.61. The molecule has 0 saturated heterocycles. The van der Waals surface area contributed by atoms with Crippen molar-refractivity contribution in [1.29, 1.82) is 0 Å². The molecule has 0 amide bonds. The van der Waals surface area contributed by atoms with E-state index in [1.807, 2.05) is 0 Å². The standard InChI is InChI=1S/Lu.6H2O.O/h;6*1H2;/q+3;;;;;;;-2/p-1. The quantitative estimate of drug-likeness (QED) is 0.424. The van der Waals surface area contributed by atoms with E-state index in [-0.39, 0.29) is 75.2 Å². The second kappa shape index (κ2) is 423. The molecule has 0 spiro atoms. The number of hydrogen-bond acceptors (Lipinski definition) is 1. The third-order valence-electron chi connectivity index (χ3n) is 0. The van der Waals surface area contributed by atoms with Crippen LogP contribution in [0.4, 0.5) is 0 Å². The average molecular weight is 298 g/mol. The van der Waals surface area contributed by atoms with E-state index in [9.17, 15) is 0 Å². The molecule has 0 aromatic heterocycles. The van der Waals surface area contributed by atoms with Gasteiger partial charge < -0.3 is 38.3 Å². The van der Waals surface area contributed by atoms with Crippen molar-refractivity contribution in [2.45, 2.75) is 0 Å². The van der Waals surface area contributed by atoms with Crippen molar-refractivity contribution in [1.82, 2.24) is 0 Å². The summed E-state index contributed by atoms with van der Waals surface area (Å²) in [6.45, 7) is 0. The van der Waals surface area contributed by atoms with Crippen molar-refractivity contribution < 1.29 is 75.2 Å². The van der Waals surface area contributed by atoms with Crippen LogP contribution in [-0.2, 0) is 5.48 Å². The largest absolute Gasteiger partial charge is 3.00 e. The Labute approximate surface area is 75.0 Å². The minimum atomic E-state index is 0. The minimum absolute atomic E-state index is 0. The van der Waals surface area contributed by atoms with E-state index in [0.29, 0.717) is 0 Å². The second-order valence-corrected chi connectivity index (χ2v) is 0. The number of hydrogen-bond donors (Lipinski definition) is 0. The first kappa shape index (κ1) is 623. The van der Waals surface area contributed by atoms with Crippen molar-refractivity contribution in [3.63, 3.8) is 0 Å². The Morgan fingerprint density at radius 2 is 0.500 bits per heavy atom. The van der Waals surface area contributed by atoms with E-state index in [2.05, 4.69) is 0 Å². The molecule has 0 aromatic rings. The van der Waals surface area contributed by atoms with E-state index < -0.39 is 0 Å². The maximum atomic E-state index is 0.